The topological polar surface area (TPSA) is 15.8 Å². The Labute approximate surface area is 203 Å². The minimum absolute atomic E-state index is 1.00. The molecular weight excluding hydrogens is 372 g/mol. The van der Waals surface area contributed by atoms with E-state index in [1.807, 2.05) is 0 Å². The molecule has 1 aromatic heterocycles. The third-order valence-corrected chi connectivity index (χ3v) is 9.16. The Kier molecular flexibility index (Phi) is 5.80. The second-order valence-corrected chi connectivity index (χ2v) is 10.3. The van der Waals surface area contributed by atoms with Crippen LogP contribution in [0.3, 0.4) is 0 Å². The zero-order valence-corrected chi connectivity index (χ0v) is 22.2. The third-order valence-electron chi connectivity index (χ3n) is 9.16. The second-order valence-electron chi connectivity index (χ2n) is 10.3. The zero-order chi connectivity index (χ0) is 23.8. The van der Waals surface area contributed by atoms with Gasteiger partial charge in [-0.15, -0.1) is 21.9 Å². The highest BCUT2D eigenvalue weighted by Crippen LogP contribution is 2.19. The number of nitrogens with one attached hydrogen (secondary N) is 1. The van der Waals surface area contributed by atoms with Gasteiger partial charge in [0.2, 0.25) is 0 Å². The van der Waals surface area contributed by atoms with Crippen LogP contribution in [0.2, 0.25) is 0 Å². The summed E-state index contributed by atoms with van der Waals surface area (Å²) in [5.74, 6) is 0. The van der Waals surface area contributed by atoms with Crippen LogP contribution in [0, 0.1) is 0 Å². The third kappa shape index (κ3) is 3.10. The van der Waals surface area contributed by atoms with E-state index < -0.39 is 0 Å². The number of benzene rings is 3. The number of aromatic nitrogens is 1. The van der Waals surface area contributed by atoms with Gasteiger partial charge in [-0.2, -0.15) is 0 Å². The summed E-state index contributed by atoms with van der Waals surface area (Å²) in [5.41, 5.74) is 22.8. The molecule has 32 heavy (non-hydrogen) atoms. The van der Waals surface area contributed by atoms with Crippen LogP contribution in [0.1, 0.15) is 11.1 Å². The molecule has 1 nitrogen and oxygen atoms in total. The molecule has 0 radical (unpaired) electrons. The molecule has 13 heteroatoms. The minimum atomic E-state index is 1.00. The van der Waals surface area contributed by atoms with Crippen LogP contribution in [0.15, 0.2) is 0 Å². The second kappa shape index (κ2) is 7.93. The van der Waals surface area contributed by atoms with Crippen molar-refractivity contribution in [3.05, 3.63) is 11.1 Å². The van der Waals surface area contributed by atoms with Gasteiger partial charge in [0.05, 0.1) is 0 Å². The number of H-pyrrole nitrogens is 1. The van der Waals surface area contributed by atoms with Crippen molar-refractivity contribution in [2.24, 2.45) is 0 Å². The SMILES string of the molecule is Bc1c(B)c(B)c(Cc2c(B)c(B)c3[nH]c4c(B)c(B)c(B)c(B)c4c3c2B)c(B)c1B. The highest BCUT2D eigenvalue weighted by molar-refractivity contribution is 6.69. The first-order valence-corrected chi connectivity index (χ1v) is 12.0. The van der Waals surface area contributed by atoms with Crippen LogP contribution in [-0.4, -0.2) is 99.1 Å². The van der Waals surface area contributed by atoms with E-state index in [1.54, 1.807) is 0 Å². The van der Waals surface area contributed by atoms with E-state index in [1.165, 1.54) is 98.5 Å². The molecule has 0 amide bonds. The van der Waals surface area contributed by atoms with Crippen LogP contribution >= 0.6 is 0 Å². The number of hydrogen-bond donors (Lipinski definition) is 1. The maximum atomic E-state index is 3.84. The highest BCUT2D eigenvalue weighted by atomic mass is 14.7. The molecule has 0 aliphatic heterocycles. The molecule has 0 spiro atoms. The fourth-order valence-corrected chi connectivity index (χ4v) is 5.88. The average Bonchev–Trinajstić information content (AvgIpc) is 3.18. The maximum Gasteiger partial charge on any atom is 0.141 e. The van der Waals surface area contributed by atoms with E-state index in [4.69, 9.17) is 0 Å². The molecule has 1 N–H and O–H groups in total. The summed E-state index contributed by atoms with van der Waals surface area (Å²) in [7, 11) is 27.5. The zero-order valence-electron chi connectivity index (χ0n) is 22.2. The molecule has 0 bridgehead atoms. The molecule has 4 rings (SSSR count). The molecule has 0 atom stereocenters. The molecule has 0 aliphatic carbocycles. The van der Waals surface area contributed by atoms with Gasteiger partial charge in [-0.3, -0.25) is 0 Å². The van der Waals surface area contributed by atoms with E-state index in [-0.39, 0.29) is 0 Å². The molecule has 0 aliphatic rings. The highest BCUT2D eigenvalue weighted by Gasteiger charge is 2.21. The van der Waals surface area contributed by atoms with Gasteiger partial charge < -0.3 is 4.98 Å². The monoisotopic (exact) mass is 401 g/mol. The Balaban J connectivity index is 2.11. The summed E-state index contributed by atoms with van der Waals surface area (Å²) >= 11 is 0. The van der Waals surface area contributed by atoms with Gasteiger partial charge in [-0.05, 0) is 17.2 Å². The molecular formula is C19H27B12N. The standard InChI is InChI=1S/C19H27B12N/c20-6-2(1-3-7(21)11(25)14(28)12(26)8(3)22)9(23)16(30)18-4(6)5-10(24)13(27)15(29)17(31)19(5)32-18/h32H,1,20-31H2. The molecule has 0 saturated carbocycles. The maximum absolute atomic E-state index is 3.84. The summed E-state index contributed by atoms with van der Waals surface area (Å²) in [6.45, 7) is 0. The Bertz CT molecular complexity index is 1440. The van der Waals surface area contributed by atoms with Crippen molar-refractivity contribution in [3.8, 4) is 0 Å². The normalized spacial score (nSPS) is 11.5. The van der Waals surface area contributed by atoms with Gasteiger partial charge in [0, 0.05) is 11.0 Å². The Morgan fingerprint density at radius 1 is 0.344 bits per heavy atom. The Morgan fingerprint density at radius 2 is 0.656 bits per heavy atom. The van der Waals surface area contributed by atoms with Crippen LogP contribution in [-0.2, 0) is 6.42 Å². The smallest absolute Gasteiger partial charge is 0.141 e. The van der Waals surface area contributed by atoms with Crippen molar-refractivity contribution < 1.29 is 0 Å². The molecule has 4 aromatic rings. The lowest BCUT2D eigenvalue weighted by atomic mass is 9.59. The van der Waals surface area contributed by atoms with E-state index >= 15 is 0 Å². The minimum Gasteiger partial charge on any atom is -0.356 e. The summed E-state index contributed by atoms with van der Waals surface area (Å²) in [6, 6.07) is 0. The van der Waals surface area contributed by atoms with E-state index in [0.29, 0.717) is 0 Å². The first-order chi connectivity index (χ1) is 14.9. The van der Waals surface area contributed by atoms with Crippen molar-refractivity contribution in [2.45, 2.75) is 6.42 Å². The van der Waals surface area contributed by atoms with E-state index in [0.717, 1.165) is 6.42 Å². The van der Waals surface area contributed by atoms with Gasteiger partial charge in [-0.25, -0.2) is 0 Å². The van der Waals surface area contributed by atoms with Crippen LogP contribution in [0.5, 0.6) is 0 Å². The summed E-state index contributed by atoms with van der Waals surface area (Å²) in [5, 5.41) is 2.85. The summed E-state index contributed by atoms with van der Waals surface area (Å²) in [4.78, 5) is 3.84. The van der Waals surface area contributed by atoms with Gasteiger partial charge in [-0.1, -0.05) is 54.8 Å². The lowest BCUT2D eigenvalue weighted by Crippen LogP contribution is -2.56. The predicted octanol–water partition coefficient (Wildman–Crippen LogP) is -16.0. The van der Waals surface area contributed by atoms with Crippen LogP contribution in [0.25, 0.3) is 21.8 Å². The first-order valence-electron chi connectivity index (χ1n) is 12.0. The van der Waals surface area contributed by atoms with Gasteiger partial charge in [0.25, 0.3) is 0 Å². The number of hydrogen-bond acceptors (Lipinski definition) is 0. The largest absolute Gasteiger partial charge is 0.356 e. The number of aromatic amines is 1. The lowest BCUT2D eigenvalue weighted by molar-refractivity contribution is 1.27. The predicted molar refractivity (Wildman–Crippen MR) is 183 cm³/mol. The molecule has 0 fully saturated rings. The Hall–Kier alpha value is -1.76. The fraction of sp³-hybridized carbons (Fsp3) is 0.0526. The molecule has 144 valence electrons. The van der Waals surface area contributed by atoms with Crippen molar-refractivity contribution >= 4 is 182 Å². The molecule has 0 unspecified atom stereocenters. The van der Waals surface area contributed by atoms with E-state index in [2.05, 4.69) is 99.1 Å². The number of rotatable bonds is 2. The van der Waals surface area contributed by atoms with Crippen LogP contribution < -0.4 is 65.6 Å². The molecule has 1 heterocycles. The van der Waals surface area contributed by atoms with Crippen molar-refractivity contribution in [3.63, 3.8) is 0 Å². The van der Waals surface area contributed by atoms with Crippen LogP contribution in [0.4, 0.5) is 0 Å². The summed E-state index contributed by atoms with van der Waals surface area (Å²) < 4.78 is 0. The van der Waals surface area contributed by atoms with Gasteiger partial charge in [0.1, 0.15) is 94.2 Å². The van der Waals surface area contributed by atoms with Gasteiger partial charge in [0.15, 0.2) is 0 Å². The number of fused-ring (bicyclic) bond motifs is 3. The molecule has 3 aromatic carbocycles. The average molecular weight is 399 g/mol. The van der Waals surface area contributed by atoms with Crippen molar-refractivity contribution in [1.29, 1.82) is 0 Å². The van der Waals surface area contributed by atoms with Gasteiger partial charge >= 0.3 is 0 Å². The lowest BCUT2D eigenvalue weighted by Gasteiger charge is -2.23. The quantitative estimate of drug-likeness (QED) is 0.323. The first kappa shape index (κ1) is 23.4. The van der Waals surface area contributed by atoms with Crippen molar-refractivity contribution in [2.75, 3.05) is 0 Å². The Morgan fingerprint density at radius 3 is 1.19 bits per heavy atom. The fourth-order valence-electron chi connectivity index (χ4n) is 5.88. The molecule has 0 saturated heterocycles. The van der Waals surface area contributed by atoms with E-state index in [9.17, 15) is 0 Å². The van der Waals surface area contributed by atoms with Crippen molar-refractivity contribution in [1.82, 2.24) is 4.98 Å². The summed E-state index contributed by atoms with van der Waals surface area (Å²) in [6.07, 6.45) is 1.00.